The summed E-state index contributed by atoms with van der Waals surface area (Å²) >= 11 is 0. The number of hydrogen-bond acceptors (Lipinski definition) is 7. The Morgan fingerprint density at radius 1 is 1.11 bits per heavy atom. The van der Waals surface area contributed by atoms with Crippen LogP contribution in [0.15, 0.2) is 48.9 Å². The number of benzene rings is 1. The van der Waals surface area contributed by atoms with Gasteiger partial charge in [0.2, 0.25) is 0 Å². The van der Waals surface area contributed by atoms with Crippen LogP contribution in [0.4, 0.5) is 5.69 Å². The molecule has 2 aromatic rings. The van der Waals surface area contributed by atoms with Crippen molar-refractivity contribution in [3.05, 3.63) is 54.6 Å². The number of aliphatic hydroxyl groups excluding tert-OH is 3. The molecule has 0 amide bonds. The molecule has 152 valence electrons. The average molecular weight is 386 g/mol. The first-order valence-electron chi connectivity index (χ1n) is 9.81. The molecule has 3 unspecified atom stereocenters. The van der Waals surface area contributed by atoms with E-state index in [0.717, 1.165) is 17.8 Å². The fourth-order valence-electron chi connectivity index (χ4n) is 3.73. The Morgan fingerprint density at radius 2 is 1.79 bits per heavy atom. The second-order valence-electron chi connectivity index (χ2n) is 7.90. The number of para-hydroxylation sites is 1. The van der Waals surface area contributed by atoms with E-state index in [-0.39, 0.29) is 13.1 Å². The van der Waals surface area contributed by atoms with Gasteiger partial charge in [0.05, 0.1) is 24.1 Å². The summed E-state index contributed by atoms with van der Waals surface area (Å²) in [7, 11) is 0. The summed E-state index contributed by atoms with van der Waals surface area (Å²) in [4.78, 5) is 10.8. The van der Waals surface area contributed by atoms with Gasteiger partial charge in [-0.25, -0.2) is 0 Å². The molecule has 1 saturated heterocycles. The van der Waals surface area contributed by atoms with Crippen molar-refractivity contribution in [2.24, 2.45) is 5.92 Å². The maximum absolute atomic E-state index is 10.4. The van der Waals surface area contributed by atoms with Crippen molar-refractivity contribution < 1.29 is 15.3 Å². The molecular formula is C21H30N4O3. The van der Waals surface area contributed by atoms with Crippen molar-refractivity contribution in [2.75, 3.05) is 18.4 Å². The molecule has 1 aliphatic rings. The predicted octanol–water partition coefficient (Wildman–Crippen LogP) is 1.58. The van der Waals surface area contributed by atoms with Crippen molar-refractivity contribution in [3.63, 3.8) is 0 Å². The molecule has 0 spiro atoms. The highest BCUT2D eigenvalue weighted by Gasteiger charge is 2.46. The SMILES string of the molecule is CC(C)CCC(Nc1ccccc1)(c1cnccn1)N1CC(O)C(O)C(O)C1. The Balaban J connectivity index is 2.06. The molecule has 1 aliphatic heterocycles. The lowest BCUT2D eigenvalue weighted by Crippen LogP contribution is -2.64. The van der Waals surface area contributed by atoms with E-state index in [1.54, 1.807) is 18.6 Å². The van der Waals surface area contributed by atoms with E-state index in [4.69, 9.17) is 0 Å². The summed E-state index contributed by atoms with van der Waals surface area (Å²) in [6.45, 7) is 4.75. The molecule has 0 radical (unpaired) electrons. The van der Waals surface area contributed by atoms with E-state index >= 15 is 0 Å². The lowest BCUT2D eigenvalue weighted by Gasteiger charge is -2.49. The van der Waals surface area contributed by atoms with Gasteiger partial charge in [-0.3, -0.25) is 14.9 Å². The topological polar surface area (TPSA) is 102 Å². The molecule has 7 heteroatoms. The monoisotopic (exact) mass is 386 g/mol. The van der Waals surface area contributed by atoms with Gasteiger partial charge in [-0.1, -0.05) is 32.0 Å². The Hall–Kier alpha value is -2.06. The smallest absolute Gasteiger partial charge is 0.136 e. The zero-order valence-corrected chi connectivity index (χ0v) is 16.4. The van der Waals surface area contributed by atoms with Gasteiger partial charge in [0.25, 0.3) is 0 Å². The number of rotatable bonds is 7. The second-order valence-corrected chi connectivity index (χ2v) is 7.90. The largest absolute Gasteiger partial charge is 0.389 e. The van der Waals surface area contributed by atoms with Crippen LogP contribution in [0.2, 0.25) is 0 Å². The summed E-state index contributed by atoms with van der Waals surface area (Å²) in [5.74, 6) is 0.457. The van der Waals surface area contributed by atoms with Crippen molar-refractivity contribution >= 4 is 5.69 Å². The van der Waals surface area contributed by atoms with E-state index in [1.165, 1.54) is 0 Å². The quantitative estimate of drug-likeness (QED) is 0.573. The molecule has 3 rings (SSSR count). The van der Waals surface area contributed by atoms with Gasteiger partial charge in [-0.05, 0) is 30.9 Å². The zero-order valence-electron chi connectivity index (χ0n) is 16.4. The fourth-order valence-corrected chi connectivity index (χ4v) is 3.73. The van der Waals surface area contributed by atoms with E-state index in [2.05, 4.69) is 29.1 Å². The van der Waals surface area contributed by atoms with E-state index in [9.17, 15) is 15.3 Å². The standard InChI is InChI=1S/C21H30N4O3/c1-15(2)8-9-21(19-12-22-10-11-23-19,24-16-6-4-3-5-7-16)25-13-17(26)20(28)18(27)14-25/h3-7,10-12,15,17-18,20,24,26-28H,8-9,13-14H2,1-2H3. The number of aromatic nitrogens is 2. The van der Waals surface area contributed by atoms with Crippen molar-refractivity contribution in [1.29, 1.82) is 0 Å². The summed E-state index contributed by atoms with van der Waals surface area (Å²) < 4.78 is 0. The third-order valence-electron chi connectivity index (χ3n) is 5.34. The van der Waals surface area contributed by atoms with Gasteiger partial charge >= 0.3 is 0 Å². The normalized spacial score (nSPS) is 25.4. The zero-order chi connectivity index (χ0) is 20.1. The molecule has 7 nitrogen and oxygen atoms in total. The van der Waals surface area contributed by atoms with Crippen LogP contribution in [0.25, 0.3) is 0 Å². The molecule has 28 heavy (non-hydrogen) atoms. The van der Waals surface area contributed by atoms with Gasteiger partial charge < -0.3 is 20.6 Å². The van der Waals surface area contributed by atoms with Crippen molar-refractivity contribution in [3.8, 4) is 0 Å². The first-order valence-corrected chi connectivity index (χ1v) is 9.81. The Labute approximate surface area is 166 Å². The molecule has 0 aliphatic carbocycles. The lowest BCUT2D eigenvalue weighted by molar-refractivity contribution is -0.132. The van der Waals surface area contributed by atoms with Gasteiger partial charge in [0.15, 0.2) is 0 Å². The number of aliphatic hydroxyl groups is 3. The molecule has 2 heterocycles. The third kappa shape index (κ3) is 4.50. The van der Waals surface area contributed by atoms with Crippen molar-refractivity contribution in [1.82, 2.24) is 14.9 Å². The molecule has 1 fully saturated rings. The highest BCUT2D eigenvalue weighted by molar-refractivity contribution is 5.46. The third-order valence-corrected chi connectivity index (χ3v) is 5.34. The number of nitrogens with zero attached hydrogens (tertiary/aromatic N) is 3. The van der Waals surface area contributed by atoms with Crippen LogP contribution in [-0.2, 0) is 5.66 Å². The predicted molar refractivity (Wildman–Crippen MR) is 107 cm³/mol. The van der Waals surface area contributed by atoms with Crippen LogP contribution in [0.5, 0.6) is 0 Å². The Kier molecular flexibility index (Phi) is 6.61. The van der Waals surface area contributed by atoms with Gasteiger partial charge in [0, 0.05) is 31.2 Å². The maximum atomic E-state index is 10.4. The van der Waals surface area contributed by atoms with Crippen molar-refractivity contribution in [2.45, 2.75) is 50.7 Å². The molecule has 0 bridgehead atoms. The van der Waals surface area contributed by atoms with Gasteiger partial charge in [-0.15, -0.1) is 0 Å². The Bertz CT molecular complexity index is 719. The molecular weight excluding hydrogens is 356 g/mol. The lowest BCUT2D eigenvalue weighted by atomic mass is 9.89. The number of piperidine rings is 1. The minimum atomic E-state index is -1.15. The number of nitrogens with one attached hydrogen (secondary N) is 1. The van der Waals surface area contributed by atoms with E-state index < -0.39 is 24.0 Å². The first-order chi connectivity index (χ1) is 13.4. The minimum Gasteiger partial charge on any atom is -0.389 e. The summed E-state index contributed by atoms with van der Waals surface area (Å²) in [5, 5.41) is 34.4. The Morgan fingerprint density at radius 3 is 2.36 bits per heavy atom. The number of β-amino-alcohol motifs (C(OH)–C–C–N with tert-alkyl or cyclic N) is 2. The van der Waals surface area contributed by atoms with Crippen LogP contribution in [-0.4, -0.2) is 61.6 Å². The van der Waals surface area contributed by atoms with Crippen LogP contribution in [0, 0.1) is 5.92 Å². The van der Waals surface area contributed by atoms with Crippen LogP contribution in [0.3, 0.4) is 0 Å². The van der Waals surface area contributed by atoms with E-state index in [0.29, 0.717) is 12.3 Å². The average Bonchev–Trinajstić information content (AvgIpc) is 2.70. The van der Waals surface area contributed by atoms with E-state index in [1.807, 2.05) is 35.2 Å². The molecule has 4 N–H and O–H groups in total. The molecule has 1 aromatic heterocycles. The summed E-state index contributed by atoms with van der Waals surface area (Å²) in [6, 6.07) is 9.82. The fraction of sp³-hybridized carbons (Fsp3) is 0.524. The number of likely N-dealkylation sites (tertiary alicyclic amines) is 1. The highest BCUT2D eigenvalue weighted by atomic mass is 16.4. The second kappa shape index (κ2) is 8.96. The number of anilines is 1. The minimum absolute atomic E-state index is 0.215. The molecule has 1 aromatic carbocycles. The highest BCUT2D eigenvalue weighted by Crippen LogP contribution is 2.36. The summed E-state index contributed by atoms with van der Waals surface area (Å²) in [6.07, 6.45) is 3.36. The number of hydrogen-bond donors (Lipinski definition) is 4. The summed E-state index contributed by atoms with van der Waals surface area (Å²) in [5.41, 5.74) is 0.851. The van der Waals surface area contributed by atoms with Gasteiger partial charge in [0.1, 0.15) is 11.8 Å². The first kappa shape index (κ1) is 20.7. The van der Waals surface area contributed by atoms with Crippen LogP contribution >= 0.6 is 0 Å². The van der Waals surface area contributed by atoms with Gasteiger partial charge in [-0.2, -0.15) is 0 Å². The molecule has 3 atom stereocenters. The van der Waals surface area contributed by atoms with Crippen LogP contribution < -0.4 is 5.32 Å². The maximum Gasteiger partial charge on any atom is 0.136 e. The molecule has 0 saturated carbocycles. The van der Waals surface area contributed by atoms with Crippen LogP contribution in [0.1, 0.15) is 32.4 Å².